The highest BCUT2D eigenvalue weighted by Crippen LogP contribution is 2.17. The Kier molecular flexibility index (Phi) is 4.67. The molecule has 18 heavy (non-hydrogen) atoms. The molecule has 96 valence electrons. The summed E-state index contributed by atoms with van der Waals surface area (Å²) in [6.07, 6.45) is 3.35. The number of methoxy groups -OCH3 is 1. The minimum atomic E-state index is -0.142. The smallest absolute Gasteiger partial charge is 0.236 e. The van der Waals surface area contributed by atoms with Crippen LogP contribution in [0, 0.1) is 0 Å². The van der Waals surface area contributed by atoms with E-state index in [1.54, 1.807) is 19.5 Å². The van der Waals surface area contributed by atoms with Crippen LogP contribution in [0.25, 0.3) is 0 Å². The Bertz CT molecular complexity index is 499. The second kappa shape index (κ2) is 6.47. The third-order valence-corrected chi connectivity index (χ3v) is 3.51. The van der Waals surface area contributed by atoms with E-state index in [1.165, 1.54) is 23.1 Å². The SMILES string of the molecule is COCc1nnc(NC(=O)CSc2ncc[nH]2)s1. The highest BCUT2D eigenvalue weighted by atomic mass is 32.2. The molecule has 2 aromatic rings. The Balaban J connectivity index is 1.79. The fourth-order valence-electron chi connectivity index (χ4n) is 1.10. The largest absolute Gasteiger partial charge is 0.377 e. The van der Waals surface area contributed by atoms with Crippen LogP contribution in [0.4, 0.5) is 5.13 Å². The first-order chi connectivity index (χ1) is 8.78. The van der Waals surface area contributed by atoms with Gasteiger partial charge in [-0.05, 0) is 0 Å². The van der Waals surface area contributed by atoms with Crippen LogP contribution >= 0.6 is 23.1 Å². The number of aromatic nitrogens is 4. The van der Waals surface area contributed by atoms with E-state index in [4.69, 9.17) is 4.74 Å². The van der Waals surface area contributed by atoms with Crippen LogP contribution in [0.1, 0.15) is 5.01 Å². The normalized spacial score (nSPS) is 10.5. The number of thioether (sulfide) groups is 1. The third kappa shape index (κ3) is 3.79. The fraction of sp³-hybridized carbons (Fsp3) is 0.333. The first-order valence-corrected chi connectivity index (χ1v) is 6.81. The zero-order valence-electron chi connectivity index (χ0n) is 9.54. The lowest BCUT2D eigenvalue weighted by Crippen LogP contribution is -2.13. The minimum Gasteiger partial charge on any atom is -0.377 e. The van der Waals surface area contributed by atoms with Gasteiger partial charge in [-0.1, -0.05) is 23.1 Å². The van der Waals surface area contributed by atoms with E-state index in [0.29, 0.717) is 16.9 Å². The molecule has 0 radical (unpaired) electrons. The molecule has 0 spiro atoms. The number of imidazole rings is 1. The zero-order valence-corrected chi connectivity index (χ0v) is 11.2. The van der Waals surface area contributed by atoms with Gasteiger partial charge < -0.3 is 9.72 Å². The van der Waals surface area contributed by atoms with Crippen LogP contribution in [0.2, 0.25) is 0 Å². The standard InChI is InChI=1S/C9H11N5O2S2/c1-16-4-7-13-14-9(18-7)12-6(15)5-17-8-10-2-3-11-8/h2-3H,4-5H2,1H3,(H,10,11)(H,12,14,15). The summed E-state index contributed by atoms with van der Waals surface area (Å²) in [6.45, 7) is 0.398. The molecule has 7 nitrogen and oxygen atoms in total. The average molecular weight is 285 g/mol. The van der Waals surface area contributed by atoms with E-state index in [0.717, 1.165) is 5.01 Å². The van der Waals surface area contributed by atoms with Crippen molar-refractivity contribution in [3.63, 3.8) is 0 Å². The maximum atomic E-state index is 11.6. The van der Waals surface area contributed by atoms with E-state index in [9.17, 15) is 4.79 Å². The number of hydrogen-bond acceptors (Lipinski definition) is 7. The number of hydrogen-bond donors (Lipinski definition) is 2. The maximum Gasteiger partial charge on any atom is 0.236 e. The number of carbonyl (C=O) groups is 1. The number of anilines is 1. The zero-order chi connectivity index (χ0) is 12.8. The van der Waals surface area contributed by atoms with Crippen molar-refractivity contribution in [1.29, 1.82) is 0 Å². The summed E-state index contributed by atoms with van der Waals surface area (Å²) in [5.41, 5.74) is 0. The van der Waals surface area contributed by atoms with Crippen LogP contribution in [-0.4, -0.2) is 38.9 Å². The van der Waals surface area contributed by atoms with Gasteiger partial charge in [0.25, 0.3) is 0 Å². The van der Waals surface area contributed by atoms with Crippen molar-refractivity contribution in [2.24, 2.45) is 0 Å². The number of aromatic amines is 1. The van der Waals surface area contributed by atoms with Gasteiger partial charge >= 0.3 is 0 Å². The lowest BCUT2D eigenvalue weighted by atomic mass is 10.7. The van der Waals surface area contributed by atoms with Gasteiger partial charge in [0.15, 0.2) is 5.16 Å². The summed E-state index contributed by atoms with van der Waals surface area (Å²) in [7, 11) is 1.58. The molecule has 1 amide bonds. The van der Waals surface area contributed by atoms with Crippen molar-refractivity contribution in [2.45, 2.75) is 11.8 Å². The molecule has 2 aromatic heterocycles. The highest BCUT2D eigenvalue weighted by Gasteiger charge is 2.09. The predicted molar refractivity (Wildman–Crippen MR) is 68.6 cm³/mol. The molecule has 0 aliphatic rings. The number of carbonyl (C=O) groups excluding carboxylic acids is 1. The van der Waals surface area contributed by atoms with Crippen molar-refractivity contribution in [3.05, 3.63) is 17.4 Å². The minimum absolute atomic E-state index is 0.142. The van der Waals surface area contributed by atoms with Gasteiger partial charge in [-0.25, -0.2) is 4.98 Å². The Morgan fingerprint density at radius 3 is 3.22 bits per heavy atom. The predicted octanol–water partition coefficient (Wildman–Crippen LogP) is 1.14. The summed E-state index contributed by atoms with van der Waals surface area (Å²) < 4.78 is 4.92. The van der Waals surface area contributed by atoms with Crippen LogP contribution in [0.5, 0.6) is 0 Å². The van der Waals surface area contributed by atoms with Crippen LogP contribution < -0.4 is 5.32 Å². The van der Waals surface area contributed by atoms with Gasteiger partial charge in [-0.3, -0.25) is 10.1 Å². The van der Waals surface area contributed by atoms with Gasteiger partial charge in [-0.15, -0.1) is 10.2 Å². The first kappa shape index (κ1) is 13.0. The van der Waals surface area contributed by atoms with E-state index < -0.39 is 0 Å². The molecule has 0 atom stereocenters. The molecule has 0 aliphatic carbocycles. The quantitative estimate of drug-likeness (QED) is 0.773. The summed E-state index contributed by atoms with van der Waals surface area (Å²) in [4.78, 5) is 18.5. The van der Waals surface area contributed by atoms with E-state index in [1.807, 2.05) is 0 Å². The van der Waals surface area contributed by atoms with Gasteiger partial charge in [-0.2, -0.15) is 0 Å². The van der Waals surface area contributed by atoms with Crippen molar-refractivity contribution in [2.75, 3.05) is 18.2 Å². The van der Waals surface area contributed by atoms with Crippen LogP contribution in [0.3, 0.4) is 0 Å². The molecular weight excluding hydrogens is 274 g/mol. The molecule has 0 saturated heterocycles. The first-order valence-electron chi connectivity index (χ1n) is 5.01. The summed E-state index contributed by atoms with van der Waals surface area (Å²) in [5, 5.41) is 12.3. The molecule has 9 heteroatoms. The summed E-state index contributed by atoms with van der Waals surface area (Å²) in [5.74, 6) is 0.128. The summed E-state index contributed by atoms with van der Waals surface area (Å²) >= 11 is 2.62. The van der Waals surface area contributed by atoms with Gasteiger partial charge in [0.1, 0.15) is 11.6 Å². The molecule has 0 saturated carbocycles. The van der Waals surface area contributed by atoms with Crippen LogP contribution in [-0.2, 0) is 16.1 Å². The molecule has 2 N–H and O–H groups in total. The fourth-order valence-corrected chi connectivity index (χ4v) is 2.46. The lowest BCUT2D eigenvalue weighted by molar-refractivity contribution is -0.113. The van der Waals surface area contributed by atoms with E-state index in [2.05, 4.69) is 25.5 Å². The Labute approximate surface area is 111 Å². The molecule has 0 fully saturated rings. The van der Waals surface area contributed by atoms with E-state index >= 15 is 0 Å². The Hall–Kier alpha value is -1.45. The monoisotopic (exact) mass is 285 g/mol. The second-order valence-corrected chi connectivity index (χ2v) is 5.19. The number of amides is 1. The second-order valence-electron chi connectivity index (χ2n) is 3.17. The molecule has 0 aromatic carbocycles. The van der Waals surface area contributed by atoms with Crippen molar-refractivity contribution in [3.8, 4) is 0 Å². The van der Waals surface area contributed by atoms with E-state index in [-0.39, 0.29) is 11.7 Å². The lowest BCUT2D eigenvalue weighted by Gasteiger charge is -1.98. The molecule has 2 heterocycles. The number of nitrogens with one attached hydrogen (secondary N) is 2. The number of nitrogens with zero attached hydrogens (tertiary/aromatic N) is 3. The molecular formula is C9H11N5O2S2. The Morgan fingerprint density at radius 2 is 2.50 bits per heavy atom. The van der Waals surface area contributed by atoms with Crippen LogP contribution in [0.15, 0.2) is 17.6 Å². The Morgan fingerprint density at radius 1 is 1.61 bits per heavy atom. The molecule has 0 unspecified atom stereocenters. The number of rotatable bonds is 6. The van der Waals surface area contributed by atoms with Crippen molar-refractivity contribution < 1.29 is 9.53 Å². The van der Waals surface area contributed by atoms with Gasteiger partial charge in [0.2, 0.25) is 11.0 Å². The molecule has 2 rings (SSSR count). The number of ether oxygens (including phenoxy) is 1. The highest BCUT2D eigenvalue weighted by molar-refractivity contribution is 7.99. The molecule has 0 aliphatic heterocycles. The third-order valence-electron chi connectivity index (χ3n) is 1.79. The maximum absolute atomic E-state index is 11.6. The van der Waals surface area contributed by atoms with Gasteiger partial charge in [0.05, 0.1) is 5.75 Å². The van der Waals surface area contributed by atoms with Gasteiger partial charge in [0, 0.05) is 19.5 Å². The van der Waals surface area contributed by atoms with Crippen molar-refractivity contribution >= 4 is 34.1 Å². The summed E-state index contributed by atoms with van der Waals surface area (Å²) in [6, 6.07) is 0. The van der Waals surface area contributed by atoms with Crippen molar-refractivity contribution in [1.82, 2.24) is 20.2 Å². The topological polar surface area (TPSA) is 92.8 Å². The molecule has 0 bridgehead atoms. The average Bonchev–Trinajstić information content (AvgIpc) is 2.99. The number of H-pyrrole nitrogens is 1.